The van der Waals surface area contributed by atoms with E-state index in [-0.39, 0.29) is 6.17 Å². The monoisotopic (exact) mass is 496 g/mol. The fraction of sp³-hybridized carbons (Fsp3) is 0.357. The van der Waals surface area contributed by atoms with E-state index in [4.69, 9.17) is 9.97 Å². The number of aromatic nitrogens is 4. The van der Waals surface area contributed by atoms with Gasteiger partial charge in [0, 0.05) is 99.3 Å². The largest absolute Gasteiger partial charge is 0.368 e. The Balaban J connectivity index is 1.17. The number of hydrogen-bond donors (Lipinski definition) is 0. The summed E-state index contributed by atoms with van der Waals surface area (Å²) in [6, 6.07) is 14.4. The summed E-state index contributed by atoms with van der Waals surface area (Å²) in [6.07, 6.45) is 8.29. The first-order valence-electron chi connectivity index (χ1n) is 12.9. The molecule has 5 heterocycles. The molecule has 3 aromatic heterocycles. The zero-order chi connectivity index (χ0) is 25.2. The summed E-state index contributed by atoms with van der Waals surface area (Å²) in [5.74, 6) is 0.801. The highest BCUT2D eigenvalue weighted by Gasteiger charge is 2.27. The molecule has 1 aromatic carbocycles. The van der Waals surface area contributed by atoms with Gasteiger partial charge in [0.05, 0.1) is 0 Å². The van der Waals surface area contributed by atoms with Gasteiger partial charge in [-0.2, -0.15) is 0 Å². The van der Waals surface area contributed by atoms with E-state index < -0.39 is 0 Å². The molecule has 0 spiro atoms. The lowest BCUT2D eigenvalue weighted by molar-refractivity contribution is -0.115. The third-order valence-electron chi connectivity index (χ3n) is 7.55. The van der Waals surface area contributed by atoms with Crippen LogP contribution in [-0.4, -0.2) is 95.0 Å². The molecule has 0 aliphatic carbocycles. The Kier molecular flexibility index (Phi) is 6.55. The molecule has 0 bridgehead atoms. The third-order valence-corrected chi connectivity index (χ3v) is 7.55. The maximum absolute atomic E-state index is 12.2. The van der Waals surface area contributed by atoms with Crippen LogP contribution in [0.25, 0.3) is 22.2 Å². The molecule has 1 atom stereocenters. The Hall–Kier alpha value is -3.82. The molecule has 2 aliphatic heterocycles. The molecule has 6 rings (SSSR count). The second-order valence-electron chi connectivity index (χ2n) is 9.79. The standard InChI is InChI=1S/C28H32N8O/c1-32-11-13-35(14-12-32)28-30-19-23(20-31-28)24-6-2-3-7-25(24)33-15-17-34(18-16-33)26(21-37)36-10-8-22-5-4-9-29-27(22)36/h2-10,19-21,26H,11-18H2,1H3. The van der Waals surface area contributed by atoms with Crippen LogP contribution >= 0.6 is 0 Å². The fourth-order valence-corrected chi connectivity index (χ4v) is 5.38. The number of aldehydes is 1. The van der Waals surface area contributed by atoms with Gasteiger partial charge in [-0.3, -0.25) is 9.69 Å². The third kappa shape index (κ3) is 4.68. The van der Waals surface area contributed by atoms with Gasteiger partial charge in [-0.1, -0.05) is 18.2 Å². The first kappa shape index (κ1) is 23.6. The van der Waals surface area contributed by atoms with Gasteiger partial charge < -0.3 is 19.3 Å². The number of para-hydroxylation sites is 1. The normalized spacial score (nSPS) is 18.3. The summed E-state index contributed by atoms with van der Waals surface area (Å²) in [6.45, 7) is 7.18. The van der Waals surface area contributed by atoms with Crippen molar-refractivity contribution >= 4 is 29.0 Å². The van der Waals surface area contributed by atoms with Gasteiger partial charge in [0.15, 0.2) is 6.29 Å². The quantitative estimate of drug-likeness (QED) is 0.378. The first-order chi connectivity index (χ1) is 18.2. The molecule has 2 saturated heterocycles. The molecule has 0 amide bonds. The van der Waals surface area contributed by atoms with E-state index in [1.165, 1.54) is 5.69 Å². The molecule has 2 aliphatic rings. The number of benzene rings is 1. The van der Waals surface area contributed by atoms with Crippen molar-refractivity contribution in [2.75, 3.05) is 69.2 Å². The number of carbonyl (C=O) groups excluding carboxylic acids is 1. The van der Waals surface area contributed by atoms with Crippen molar-refractivity contribution in [3.05, 3.63) is 67.3 Å². The van der Waals surface area contributed by atoms with E-state index in [2.05, 4.69) is 55.9 Å². The van der Waals surface area contributed by atoms with E-state index in [0.29, 0.717) is 0 Å². The summed E-state index contributed by atoms with van der Waals surface area (Å²) in [5, 5.41) is 1.04. The van der Waals surface area contributed by atoms with Crippen molar-refractivity contribution in [1.29, 1.82) is 0 Å². The molecule has 1 unspecified atom stereocenters. The summed E-state index contributed by atoms with van der Waals surface area (Å²) >= 11 is 0. The second-order valence-corrected chi connectivity index (χ2v) is 9.79. The van der Waals surface area contributed by atoms with Gasteiger partial charge in [0.25, 0.3) is 0 Å². The van der Waals surface area contributed by atoms with Crippen LogP contribution in [-0.2, 0) is 4.79 Å². The summed E-state index contributed by atoms with van der Waals surface area (Å²) < 4.78 is 1.98. The van der Waals surface area contributed by atoms with Crippen LogP contribution in [0.15, 0.2) is 67.3 Å². The highest BCUT2D eigenvalue weighted by atomic mass is 16.1. The highest BCUT2D eigenvalue weighted by Crippen LogP contribution is 2.32. The van der Waals surface area contributed by atoms with Gasteiger partial charge in [-0.25, -0.2) is 15.0 Å². The predicted octanol–water partition coefficient (Wildman–Crippen LogP) is 2.76. The minimum Gasteiger partial charge on any atom is -0.368 e. The number of rotatable bonds is 6. The van der Waals surface area contributed by atoms with Crippen LogP contribution in [0.4, 0.5) is 11.6 Å². The molecule has 4 aromatic rings. The van der Waals surface area contributed by atoms with Crippen LogP contribution in [0.5, 0.6) is 0 Å². The van der Waals surface area contributed by atoms with E-state index in [9.17, 15) is 4.79 Å². The fourth-order valence-electron chi connectivity index (χ4n) is 5.38. The number of piperazine rings is 2. The van der Waals surface area contributed by atoms with Gasteiger partial charge in [0.1, 0.15) is 11.8 Å². The molecule has 2 fully saturated rings. The second kappa shape index (κ2) is 10.3. The van der Waals surface area contributed by atoms with Crippen molar-refractivity contribution in [1.82, 2.24) is 29.3 Å². The highest BCUT2D eigenvalue weighted by molar-refractivity contribution is 5.79. The zero-order valence-corrected chi connectivity index (χ0v) is 21.1. The summed E-state index contributed by atoms with van der Waals surface area (Å²) in [5.41, 5.74) is 4.17. The van der Waals surface area contributed by atoms with Crippen molar-refractivity contribution in [3.63, 3.8) is 0 Å². The Bertz CT molecular complexity index is 1350. The smallest absolute Gasteiger partial charge is 0.225 e. The molecule has 0 saturated carbocycles. The van der Waals surface area contributed by atoms with Gasteiger partial charge in [-0.05, 0) is 31.3 Å². The molecule has 9 nitrogen and oxygen atoms in total. The zero-order valence-electron chi connectivity index (χ0n) is 21.1. The minimum atomic E-state index is -0.361. The van der Waals surface area contributed by atoms with Crippen LogP contribution in [0.3, 0.4) is 0 Å². The molecule has 0 radical (unpaired) electrons. The molecule has 190 valence electrons. The SMILES string of the molecule is CN1CCN(c2ncc(-c3ccccc3N3CCN(C(C=O)n4ccc5cccnc54)CC3)cn2)CC1. The average Bonchev–Trinajstić information content (AvgIpc) is 3.38. The lowest BCUT2D eigenvalue weighted by atomic mass is 10.1. The van der Waals surface area contributed by atoms with Gasteiger partial charge >= 0.3 is 0 Å². The lowest BCUT2D eigenvalue weighted by Crippen LogP contribution is -2.49. The number of fused-ring (bicyclic) bond motifs is 1. The Morgan fingerprint density at radius 1 is 0.811 bits per heavy atom. The Labute approximate surface area is 217 Å². The van der Waals surface area contributed by atoms with Crippen molar-refractivity contribution in [2.24, 2.45) is 0 Å². The van der Waals surface area contributed by atoms with E-state index in [1.807, 2.05) is 41.4 Å². The number of nitrogens with zero attached hydrogens (tertiary/aromatic N) is 8. The van der Waals surface area contributed by atoms with Crippen molar-refractivity contribution in [2.45, 2.75) is 6.17 Å². The molecular weight excluding hydrogens is 464 g/mol. The summed E-state index contributed by atoms with van der Waals surface area (Å²) in [7, 11) is 2.15. The van der Waals surface area contributed by atoms with Crippen LogP contribution in [0, 0.1) is 0 Å². The van der Waals surface area contributed by atoms with E-state index in [0.717, 1.165) is 86.8 Å². The first-order valence-corrected chi connectivity index (χ1v) is 12.9. The summed E-state index contributed by atoms with van der Waals surface area (Å²) in [4.78, 5) is 35.3. The van der Waals surface area contributed by atoms with Gasteiger partial charge in [-0.15, -0.1) is 0 Å². The number of carbonyl (C=O) groups is 1. The van der Waals surface area contributed by atoms with Crippen molar-refractivity contribution in [3.8, 4) is 11.1 Å². The Morgan fingerprint density at radius 3 is 2.30 bits per heavy atom. The number of anilines is 2. The maximum atomic E-state index is 12.2. The van der Waals surface area contributed by atoms with Crippen molar-refractivity contribution < 1.29 is 4.79 Å². The average molecular weight is 497 g/mol. The molecule has 0 N–H and O–H groups in total. The number of hydrogen-bond acceptors (Lipinski definition) is 8. The number of pyridine rings is 1. The molecule has 9 heteroatoms. The topological polar surface area (TPSA) is 73.6 Å². The number of likely N-dealkylation sites (N-methyl/N-ethyl adjacent to an activating group) is 1. The Morgan fingerprint density at radius 2 is 1.54 bits per heavy atom. The van der Waals surface area contributed by atoms with E-state index in [1.54, 1.807) is 6.20 Å². The lowest BCUT2D eigenvalue weighted by Gasteiger charge is -2.39. The van der Waals surface area contributed by atoms with Crippen LogP contribution in [0.2, 0.25) is 0 Å². The maximum Gasteiger partial charge on any atom is 0.225 e. The minimum absolute atomic E-state index is 0.361. The molecular formula is C28H32N8O. The molecule has 37 heavy (non-hydrogen) atoms. The van der Waals surface area contributed by atoms with Crippen LogP contribution < -0.4 is 9.80 Å². The van der Waals surface area contributed by atoms with E-state index >= 15 is 0 Å². The van der Waals surface area contributed by atoms with Crippen LogP contribution in [0.1, 0.15) is 6.17 Å². The van der Waals surface area contributed by atoms with Gasteiger partial charge in [0.2, 0.25) is 5.95 Å². The predicted molar refractivity (Wildman–Crippen MR) is 146 cm³/mol.